The standard InChI is InChI=1S/C8H9NO4/c1-6(11)13-3-2-8(12)7(4-9)5-10/h5,7H,2-3H2,1H3. The van der Waals surface area contributed by atoms with E-state index in [-0.39, 0.29) is 19.3 Å². The first-order chi connectivity index (χ1) is 6.11. The fourth-order valence-corrected chi connectivity index (χ4v) is 0.629. The van der Waals surface area contributed by atoms with Crippen LogP contribution in [0.15, 0.2) is 0 Å². The molecule has 5 heteroatoms. The van der Waals surface area contributed by atoms with Gasteiger partial charge in [0.25, 0.3) is 0 Å². The van der Waals surface area contributed by atoms with E-state index in [9.17, 15) is 14.4 Å². The van der Waals surface area contributed by atoms with Gasteiger partial charge in [-0.1, -0.05) is 0 Å². The molecule has 0 heterocycles. The maximum absolute atomic E-state index is 10.9. The summed E-state index contributed by atoms with van der Waals surface area (Å²) in [5.74, 6) is -2.26. The minimum absolute atomic E-state index is 0.0831. The van der Waals surface area contributed by atoms with E-state index >= 15 is 0 Å². The summed E-state index contributed by atoms with van der Waals surface area (Å²) < 4.78 is 4.47. The maximum atomic E-state index is 10.9. The Kier molecular flexibility index (Phi) is 5.12. The topological polar surface area (TPSA) is 84.2 Å². The van der Waals surface area contributed by atoms with Crippen molar-refractivity contribution in [3.63, 3.8) is 0 Å². The minimum atomic E-state index is -1.24. The molecule has 0 radical (unpaired) electrons. The number of ether oxygens (including phenoxy) is 1. The Morgan fingerprint density at radius 2 is 2.23 bits per heavy atom. The second-order valence-corrected chi connectivity index (χ2v) is 2.30. The summed E-state index contributed by atoms with van der Waals surface area (Å²) in [6, 6.07) is 1.53. The molecule has 0 rings (SSSR count). The fraction of sp³-hybridized carbons (Fsp3) is 0.500. The van der Waals surface area contributed by atoms with Gasteiger partial charge in [0.15, 0.2) is 11.7 Å². The van der Waals surface area contributed by atoms with Crippen molar-refractivity contribution in [3.05, 3.63) is 0 Å². The van der Waals surface area contributed by atoms with Gasteiger partial charge in [0.2, 0.25) is 0 Å². The number of aldehydes is 1. The Morgan fingerprint density at radius 1 is 1.62 bits per heavy atom. The van der Waals surface area contributed by atoms with Crippen LogP contribution in [0.1, 0.15) is 13.3 Å². The first-order valence-electron chi connectivity index (χ1n) is 3.62. The van der Waals surface area contributed by atoms with Gasteiger partial charge in [-0.05, 0) is 0 Å². The summed E-state index contributed by atoms with van der Waals surface area (Å²) in [7, 11) is 0. The van der Waals surface area contributed by atoms with Gasteiger partial charge in [-0.3, -0.25) is 9.59 Å². The molecule has 1 unspecified atom stereocenters. The quantitative estimate of drug-likeness (QED) is 0.336. The minimum Gasteiger partial charge on any atom is -0.465 e. The van der Waals surface area contributed by atoms with Crippen LogP contribution in [0.4, 0.5) is 0 Å². The van der Waals surface area contributed by atoms with Gasteiger partial charge in [0.1, 0.15) is 6.29 Å². The number of nitrogens with zero attached hydrogens (tertiary/aromatic N) is 1. The molecule has 0 N–H and O–H groups in total. The lowest BCUT2D eigenvalue weighted by Crippen LogP contribution is -2.16. The third-order valence-electron chi connectivity index (χ3n) is 1.28. The molecule has 0 bridgehead atoms. The zero-order valence-electron chi connectivity index (χ0n) is 7.15. The van der Waals surface area contributed by atoms with Crippen molar-refractivity contribution in [2.24, 2.45) is 5.92 Å². The van der Waals surface area contributed by atoms with Crippen LogP contribution in [0.3, 0.4) is 0 Å². The number of ketones is 1. The molecule has 70 valence electrons. The third-order valence-corrected chi connectivity index (χ3v) is 1.28. The van der Waals surface area contributed by atoms with E-state index in [0.717, 1.165) is 0 Å². The number of carbonyl (C=O) groups excluding carboxylic acids is 3. The lowest BCUT2D eigenvalue weighted by atomic mass is 10.1. The highest BCUT2D eigenvalue weighted by Gasteiger charge is 2.16. The van der Waals surface area contributed by atoms with Crippen LogP contribution in [0.2, 0.25) is 0 Å². The molecule has 0 fully saturated rings. The van der Waals surface area contributed by atoms with Crippen LogP contribution in [0.25, 0.3) is 0 Å². The van der Waals surface area contributed by atoms with E-state index in [1.54, 1.807) is 0 Å². The van der Waals surface area contributed by atoms with Gasteiger partial charge in [-0.2, -0.15) is 5.26 Å². The van der Waals surface area contributed by atoms with Gasteiger partial charge in [-0.15, -0.1) is 0 Å². The van der Waals surface area contributed by atoms with Crippen LogP contribution >= 0.6 is 0 Å². The predicted octanol–water partition coefficient (Wildman–Crippen LogP) is -0.153. The van der Waals surface area contributed by atoms with Gasteiger partial charge >= 0.3 is 5.97 Å². The van der Waals surface area contributed by atoms with E-state index < -0.39 is 17.7 Å². The Labute approximate surface area is 75.3 Å². The van der Waals surface area contributed by atoms with Crippen molar-refractivity contribution < 1.29 is 19.1 Å². The second-order valence-electron chi connectivity index (χ2n) is 2.30. The lowest BCUT2D eigenvalue weighted by molar-refractivity contribution is -0.141. The maximum Gasteiger partial charge on any atom is 0.302 e. The smallest absolute Gasteiger partial charge is 0.302 e. The van der Waals surface area contributed by atoms with E-state index in [4.69, 9.17) is 5.26 Å². The SMILES string of the molecule is CC(=O)OCCC(=O)C(C#N)C=O. The third kappa shape index (κ3) is 4.69. The molecule has 0 spiro atoms. The van der Waals surface area contributed by atoms with Crippen LogP contribution in [-0.4, -0.2) is 24.6 Å². The number of esters is 1. The summed E-state index contributed by atoms with van der Waals surface area (Å²) in [6.45, 7) is 1.13. The Balaban J connectivity index is 3.81. The summed E-state index contributed by atoms with van der Waals surface area (Å²) in [6.07, 6.45) is 0.173. The van der Waals surface area contributed by atoms with Crippen molar-refractivity contribution in [2.45, 2.75) is 13.3 Å². The zero-order valence-corrected chi connectivity index (χ0v) is 7.15. The van der Waals surface area contributed by atoms with Crippen LogP contribution < -0.4 is 0 Å². The van der Waals surface area contributed by atoms with Crippen LogP contribution in [-0.2, 0) is 19.1 Å². The molecule has 1 atom stereocenters. The average molecular weight is 183 g/mol. The molecule has 0 aromatic carbocycles. The van der Waals surface area contributed by atoms with Gasteiger partial charge in [0, 0.05) is 13.3 Å². The highest BCUT2D eigenvalue weighted by molar-refractivity contribution is 5.96. The van der Waals surface area contributed by atoms with Crippen molar-refractivity contribution >= 4 is 18.0 Å². The van der Waals surface area contributed by atoms with Gasteiger partial charge < -0.3 is 9.53 Å². The molecule has 0 aliphatic rings. The molecular weight excluding hydrogens is 174 g/mol. The largest absolute Gasteiger partial charge is 0.465 e. The van der Waals surface area contributed by atoms with Gasteiger partial charge in [-0.25, -0.2) is 0 Å². The molecule has 0 saturated carbocycles. The number of rotatable bonds is 5. The molecule has 0 amide bonds. The summed E-state index contributed by atoms with van der Waals surface area (Å²) in [4.78, 5) is 31.3. The predicted molar refractivity (Wildman–Crippen MR) is 41.4 cm³/mol. The normalized spacial score (nSPS) is 11.1. The summed E-state index contributed by atoms with van der Waals surface area (Å²) >= 11 is 0. The van der Waals surface area contributed by atoms with Crippen molar-refractivity contribution in [3.8, 4) is 6.07 Å². The van der Waals surface area contributed by atoms with Crippen LogP contribution in [0, 0.1) is 17.2 Å². The highest BCUT2D eigenvalue weighted by atomic mass is 16.5. The number of Topliss-reactive ketones (excluding diaryl/α,β-unsaturated/α-hetero) is 1. The first kappa shape index (κ1) is 11.3. The monoisotopic (exact) mass is 183 g/mol. The number of nitriles is 1. The Hall–Kier alpha value is -1.70. The summed E-state index contributed by atoms with van der Waals surface area (Å²) in [5.41, 5.74) is 0. The number of carbonyl (C=O) groups is 3. The fourth-order valence-electron chi connectivity index (χ4n) is 0.629. The summed E-state index contributed by atoms with van der Waals surface area (Å²) in [5, 5.41) is 8.30. The number of hydrogen-bond acceptors (Lipinski definition) is 5. The molecule has 13 heavy (non-hydrogen) atoms. The van der Waals surface area contributed by atoms with Crippen molar-refractivity contribution in [1.29, 1.82) is 5.26 Å². The first-order valence-corrected chi connectivity index (χ1v) is 3.62. The molecule has 0 aliphatic heterocycles. The highest BCUT2D eigenvalue weighted by Crippen LogP contribution is 1.97. The zero-order chi connectivity index (χ0) is 10.3. The van der Waals surface area contributed by atoms with E-state index in [1.807, 2.05) is 0 Å². The van der Waals surface area contributed by atoms with Gasteiger partial charge in [0.05, 0.1) is 12.7 Å². The number of hydrogen-bond donors (Lipinski definition) is 0. The van der Waals surface area contributed by atoms with Crippen LogP contribution in [0.5, 0.6) is 0 Å². The Bertz CT molecular complexity index is 253. The molecule has 5 nitrogen and oxygen atoms in total. The van der Waals surface area contributed by atoms with E-state index in [0.29, 0.717) is 0 Å². The molecule has 0 aliphatic carbocycles. The average Bonchev–Trinajstić information content (AvgIpc) is 2.05. The molecule has 0 aromatic rings. The van der Waals surface area contributed by atoms with Crippen molar-refractivity contribution in [2.75, 3.05) is 6.61 Å². The van der Waals surface area contributed by atoms with E-state index in [2.05, 4.69) is 4.74 Å². The molecule has 0 aromatic heterocycles. The van der Waals surface area contributed by atoms with E-state index in [1.165, 1.54) is 13.0 Å². The Morgan fingerprint density at radius 3 is 2.62 bits per heavy atom. The second kappa shape index (κ2) is 5.89. The lowest BCUT2D eigenvalue weighted by Gasteiger charge is -2.01. The molecule has 0 saturated heterocycles. The van der Waals surface area contributed by atoms with Crippen molar-refractivity contribution in [1.82, 2.24) is 0 Å². The molecular formula is C8H9NO4.